The highest BCUT2D eigenvalue weighted by atomic mass is 32.2. The van der Waals surface area contributed by atoms with E-state index in [1.54, 1.807) is 0 Å². The number of anilines is 1. The zero-order valence-electron chi connectivity index (χ0n) is 14.6. The summed E-state index contributed by atoms with van der Waals surface area (Å²) >= 11 is 0. The quantitative estimate of drug-likeness (QED) is 0.730. The predicted octanol–water partition coefficient (Wildman–Crippen LogP) is 3.42. The van der Waals surface area contributed by atoms with Crippen molar-refractivity contribution in [1.82, 2.24) is 10.3 Å². The number of aromatic nitrogens is 1. The normalized spacial score (nSPS) is 12.7. The molecule has 26 heavy (non-hydrogen) atoms. The average molecular weight is 373 g/mol. The first-order valence-corrected chi connectivity index (χ1v) is 9.86. The fourth-order valence-electron chi connectivity index (χ4n) is 2.71. The lowest BCUT2D eigenvalue weighted by Gasteiger charge is -2.13. The number of carbonyl (C=O) groups is 1. The van der Waals surface area contributed by atoms with Crippen LogP contribution in [0.25, 0.3) is 11.0 Å². The number of furan rings is 1. The van der Waals surface area contributed by atoms with Gasteiger partial charge in [-0.05, 0) is 32.0 Å². The Balaban J connectivity index is 1.70. The topological polar surface area (TPSA) is 101 Å². The Hall–Kier alpha value is -2.87. The molecule has 0 aliphatic carbocycles. The molecule has 0 radical (unpaired) electrons. The molecule has 8 heteroatoms. The zero-order valence-corrected chi connectivity index (χ0v) is 15.4. The maximum atomic E-state index is 12.2. The van der Waals surface area contributed by atoms with Crippen LogP contribution in [0.4, 0.5) is 10.5 Å². The summed E-state index contributed by atoms with van der Waals surface area (Å²) < 4.78 is 28.6. The Morgan fingerprint density at radius 1 is 1.19 bits per heavy atom. The van der Waals surface area contributed by atoms with Crippen molar-refractivity contribution in [1.29, 1.82) is 0 Å². The minimum Gasteiger partial charge on any atom is -0.459 e. The van der Waals surface area contributed by atoms with Gasteiger partial charge in [0.25, 0.3) is 0 Å². The summed E-state index contributed by atoms with van der Waals surface area (Å²) in [6, 6.07) is 9.74. The fraction of sp³-hybridized carbons (Fsp3) is 0.222. The number of urea groups is 1. The highest BCUT2D eigenvalue weighted by molar-refractivity contribution is 7.90. The van der Waals surface area contributed by atoms with Gasteiger partial charge in [-0.3, -0.25) is 0 Å². The summed E-state index contributed by atoms with van der Waals surface area (Å²) in [5.74, 6) is 0.687. The number of amides is 2. The monoisotopic (exact) mass is 373 g/mol. The SMILES string of the molecule is Cc1c([C@@H](C)NC(=O)Nc2ccc(S(C)(=O)=O)nc2)oc2ccccc12. The molecule has 0 fully saturated rings. The van der Waals surface area contributed by atoms with Crippen LogP contribution in [0.1, 0.15) is 24.3 Å². The van der Waals surface area contributed by atoms with E-state index in [1.165, 1.54) is 18.3 Å². The fourth-order valence-corrected chi connectivity index (χ4v) is 3.27. The van der Waals surface area contributed by atoms with Gasteiger partial charge in [0, 0.05) is 17.2 Å². The lowest BCUT2D eigenvalue weighted by atomic mass is 10.1. The highest BCUT2D eigenvalue weighted by Crippen LogP contribution is 2.29. The van der Waals surface area contributed by atoms with Crippen LogP contribution in [0.2, 0.25) is 0 Å². The second kappa shape index (κ2) is 6.80. The van der Waals surface area contributed by atoms with Crippen LogP contribution in [-0.2, 0) is 9.84 Å². The molecule has 2 aromatic heterocycles. The third-order valence-electron chi connectivity index (χ3n) is 4.00. The van der Waals surface area contributed by atoms with Gasteiger partial charge in [-0.15, -0.1) is 0 Å². The molecule has 0 unspecified atom stereocenters. The molecule has 3 aromatic rings. The Kier molecular flexibility index (Phi) is 4.69. The molecule has 0 saturated carbocycles. The summed E-state index contributed by atoms with van der Waals surface area (Å²) in [6.45, 7) is 3.78. The Labute approximate surface area is 151 Å². The van der Waals surface area contributed by atoms with Crippen LogP contribution in [-0.4, -0.2) is 25.7 Å². The Morgan fingerprint density at radius 2 is 1.92 bits per heavy atom. The molecule has 0 aliphatic rings. The standard InChI is InChI=1S/C18H19N3O4S/c1-11-14-6-4-5-7-15(14)25-17(11)12(2)20-18(22)21-13-8-9-16(19-10-13)26(3,23)24/h4-10,12H,1-3H3,(H2,20,21,22)/t12-/m1/s1. The van der Waals surface area contributed by atoms with Gasteiger partial charge in [0.05, 0.1) is 17.9 Å². The molecule has 1 aromatic carbocycles. The molecule has 0 bridgehead atoms. The van der Waals surface area contributed by atoms with Crippen molar-refractivity contribution < 1.29 is 17.6 Å². The molecular formula is C18H19N3O4S. The van der Waals surface area contributed by atoms with E-state index in [0.29, 0.717) is 11.4 Å². The lowest BCUT2D eigenvalue weighted by molar-refractivity contribution is 0.248. The van der Waals surface area contributed by atoms with E-state index in [0.717, 1.165) is 22.8 Å². The van der Waals surface area contributed by atoms with Crippen molar-refractivity contribution in [2.45, 2.75) is 24.9 Å². The van der Waals surface area contributed by atoms with E-state index in [1.807, 2.05) is 38.1 Å². The molecule has 2 N–H and O–H groups in total. The summed E-state index contributed by atoms with van der Waals surface area (Å²) in [5, 5.41) is 6.39. The first-order valence-electron chi connectivity index (χ1n) is 7.97. The van der Waals surface area contributed by atoms with E-state index < -0.39 is 15.9 Å². The number of rotatable bonds is 4. The molecule has 1 atom stereocenters. The molecule has 0 aliphatic heterocycles. The van der Waals surface area contributed by atoms with Crippen LogP contribution in [0.5, 0.6) is 0 Å². The predicted molar refractivity (Wildman–Crippen MR) is 98.9 cm³/mol. The number of fused-ring (bicyclic) bond motifs is 1. The Morgan fingerprint density at radius 3 is 2.54 bits per heavy atom. The van der Waals surface area contributed by atoms with Crippen molar-refractivity contribution in [3.63, 3.8) is 0 Å². The lowest BCUT2D eigenvalue weighted by Crippen LogP contribution is -2.31. The number of aryl methyl sites for hydroxylation is 1. The van der Waals surface area contributed by atoms with E-state index >= 15 is 0 Å². The van der Waals surface area contributed by atoms with E-state index in [-0.39, 0.29) is 11.1 Å². The first-order chi connectivity index (χ1) is 12.3. The molecule has 0 spiro atoms. The molecule has 136 valence electrons. The smallest absolute Gasteiger partial charge is 0.319 e. The zero-order chi connectivity index (χ0) is 18.9. The largest absolute Gasteiger partial charge is 0.459 e. The van der Waals surface area contributed by atoms with Gasteiger partial charge in [-0.2, -0.15) is 0 Å². The number of carbonyl (C=O) groups excluding carboxylic acids is 1. The summed E-state index contributed by atoms with van der Waals surface area (Å²) in [5.41, 5.74) is 2.14. The number of hydrogen-bond acceptors (Lipinski definition) is 5. The molecular weight excluding hydrogens is 354 g/mol. The highest BCUT2D eigenvalue weighted by Gasteiger charge is 2.18. The van der Waals surface area contributed by atoms with Crippen molar-refractivity contribution in [2.75, 3.05) is 11.6 Å². The van der Waals surface area contributed by atoms with Gasteiger partial charge in [-0.25, -0.2) is 18.2 Å². The van der Waals surface area contributed by atoms with Crippen LogP contribution < -0.4 is 10.6 Å². The first kappa shape index (κ1) is 17.9. The van der Waals surface area contributed by atoms with Crippen LogP contribution in [0, 0.1) is 6.92 Å². The minimum atomic E-state index is -3.37. The van der Waals surface area contributed by atoms with Gasteiger partial charge < -0.3 is 15.1 Å². The average Bonchev–Trinajstić information content (AvgIpc) is 2.92. The summed E-state index contributed by atoms with van der Waals surface area (Å²) in [7, 11) is -3.37. The second-order valence-corrected chi connectivity index (χ2v) is 8.03. The number of pyridine rings is 1. The summed E-state index contributed by atoms with van der Waals surface area (Å²) in [6.07, 6.45) is 2.37. The van der Waals surface area contributed by atoms with Gasteiger partial charge >= 0.3 is 6.03 Å². The van der Waals surface area contributed by atoms with Gasteiger partial charge in [0.1, 0.15) is 11.3 Å². The van der Waals surface area contributed by atoms with E-state index in [2.05, 4.69) is 15.6 Å². The third-order valence-corrected chi connectivity index (χ3v) is 5.00. The number of benzene rings is 1. The van der Waals surface area contributed by atoms with Gasteiger partial charge in [0.2, 0.25) is 0 Å². The maximum Gasteiger partial charge on any atom is 0.319 e. The third kappa shape index (κ3) is 3.70. The maximum absolute atomic E-state index is 12.2. The number of para-hydroxylation sites is 1. The summed E-state index contributed by atoms with van der Waals surface area (Å²) in [4.78, 5) is 16.0. The van der Waals surface area contributed by atoms with Crippen LogP contribution in [0.15, 0.2) is 52.0 Å². The number of nitrogens with zero attached hydrogens (tertiary/aromatic N) is 1. The van der Waals surface area contributed by atoms with Gasteiger partial charge in [0.15, 0.2) is 14.9 Å². The van der Waals surface area contributed by atoms with Gasteiger partial charge in [-0.1, -0.05) is 18.2 Å². The molecule has 2 heterocycles. The van der Waals surface area contributed by atoms with E-state index in [9.17, 15) is 13.2 Å². The Bertz CT molecular complexity index is 1060. The van der Waals surface area contributed by atoms with Crippen molar-refractivity contribution in [3.05, 3.63) is 53.9 Å². The van der Waals surface area contributed by atoms with Crippen molar-refractivity contribution in [2.24, 2.45) is 0 Å². The molecule has 2 amide bonds. The van der Waals surface area contributed by atoms with Crippen molar-refractivity contribution >= 4 is 32.5 Å². The van der Waals surface area contributed by atoms with E-state index in [4.69, 9.17) is 4.42 Å². The number of nitrogens with one attached hydrogen (secondary N) is 2. The minimum absolute atomic E-state index is 0.0465. The molecule has 7 nitrogen and oxygen atoms in total. The molecule has 3 rings (SSSR count). The number of sulfone groups is 1. The molecule has 0 saturated heterocycles. The van der Waals surface area contributed by atoms with Crippen molar-refractivity contribution in [3.8, 4) is 0 Å². The number of hydrogen-bond donors (Lipinski definition) is 2. The van der Waals surface area contributed by atoms with Crippen LogP contribution in [0.3, 0.4) is 0 Å². The van der Waals surface area contributed by atoms with Crippen LogP contribution >= 0.6 is 0 Å². The second-order valence-electron chi connectivity index (χ2n) is 6.06.